The first-order valence-corrected chi connectivity index (χ1v) is 8.04. The Morgan fingerprint density at radius 3 is 2.30 bits per heavy atom. The molecule has 2 aliphatic rings. The molecule has 0 bridgehead atoms. The van der Waals surface area contributed by atoms with Crippen LogP contribution in [-0.2, 0) is 4.79 Å². The van der Waals surface area contributed by atoms with Crippen molar-refractivity contribution in [3.05, 3.63) is 0 Å². The van der Waals surface area contributed by atoms with Crippen LogP contribution in [0.5, 0.6) is 0 Å². The fraction of sp³-hybridized carbons (Fsp3) is 0.867. The lowest BCUT2D eigenvalue weighted by Gasteiger charge is -2.35. The Labute approximate surface area is 121 Å². The van der Waals surface area contributed by atoms with Gasteiger partial charge < -0.3 is 15.5 Å². The van der Waals surface area contributed by atoms with E-state index in [1.807, 2.05) is 11.8 Å². The normalized spacial score (nSPS) is 21.6. The van der Waals surface area contributed by atoms with Crippen molar-refractivity contribution >= 4 is 11.9 Å². The monoisotopic (exact) mass is 281 g/mol. The number of hydrogen-bond acceptors (Lipinski definition) is 2. The van der Waals surface area contributed by atoms with Gasteiger partial charge in [-0.3, -0.25) is 4.79 Å². The fourth-order valence-corrected chi connectivity index (χ4v) is 3.25. The van der Waals surface area contributed by atoms with Gasteiger partial charge in [-0.25, -0.2) is 4.79 Å². The second-order valence-electron chi connectivity index (χ2n) is 5.94. The summed E-state index contributed by atoms with van der Waals surface area (Å²) in [5.41, 5.74) is 0. The molecule has 0 aromatic heterocycles. The van der Waals surface area contributed by atoms with Crippen molar-refractivity contribution in [2.75, 3.05) is 19.6 Å². The van der Waals surface area contributed by atoms with Gasteiger partial charge in [0.2, 0.25) is 5.91 Å². The number of hydrogen-bond donors (Lipinski definition) is 2. The molecular weight excluding hydrogens is 254 g/mol. The van der Waals surface area contributed by atoms with E-state index in [4.69, 9.17) is 0 Å². The maximum atomic E-state index is 12.4. The summed E-state index contributed by atoms with van der Waals surface area (Å²) in [7, 11) is 0. The Balaban J connectivity index is 1.73. The molecule has 1 heterocycles. The molecule has 2 N–H and O–H groups in total. The first-order chi connectivity index (χ1) is 9.70. The Hall–Kier alpha value is -1.26. The van der Waals surface area contributed by atoms with Gasteiger partial charge in [0.15, 0.2) is 0 Å². The van der Waals surface area contributed by atoms with Crippen molar-refractivity contribution in [1.82, 2.24) is 15.5 Å². The quantitative estimate of drug-likeness (QED) is 0.829. The van der Waals surface area contributed by atoms with E-state index in [2.05, 4.69) is 10.6 Å². The van der Waals surface area contributed by atoms with Gasteiger partial charge >= 0.3 is 6.03 Å². The van der Waals surface area contributed by atoms with Crippen LogP contribution in [0.2, 0.25) is 0 Å². The average molecular weight is 281 g/mol. The standard InChI is InChI=1S/C15H27N3O2/c1-2-16-15(20)17-13-8-10-18(11-9-13)14(19)12-6-4-3-5-7-12/h12-13H,2-11H2,1H3,(H2,16,17,20). The second-order valence-corrected chi connectivity index (χ2v) is 5.94. The Morgan fingerprint density at radius 1 is 1.05 bits per heavy atom. The molecule has 2 fully saturated rings. The van der Waals surface area contributed by atoms with E-state index < -0.39 is 0 Å². The summed E-state index contributed by atoms with van der Waals surface area (Å²) >= 11 is 0. The predicted molar refractivity (Wildman–Crippen MR) is 78.4 cm³/mol. The SMILES string of the molecule is CCNC(=O)NC1CCN(C(=O)C2CCCCC2)CC1. The maximum absolute atomic E-state index is 12.4. The molecule has 1 saturated carbocycles. The summed E-state index contributed by atoms with van der Waals surface area (Å²) < 4.78 is 0. The van der Waals surface area contributed by atoms with Crippen LogP contribution < -0.4 is 10.6 Å². The number of nitrogens with zero attached hydrogens (tertiary/aromatic N) is 1. The van der Waals surface area contributed by atoms with Gasteiger partial charge in [-0.15, -0.1) is 0 Å². The summed E-state index contributed by atoms with van der Waals surface area (Å²) in [5, 5.41) is 5.72. The number of piperidine rings is 1. The van der Waals surface area contributed by atoms with Crippen molar-refractivity contribution in [2.24, 2.45) is 5.92 Å². The summed E-state index contributed by atoms with van der Waals surface area (Å²) in [4.78, 5) is 25.9. The van der Waals surface area contributed by atoms with E-state index in [-0.39, 0.29) is 18.0 Å². The number of rotatable bonds is 3. The largest absolute Gasteiger partial charge is 0.342 e. The third kappa shape index (κ3) is 4.12. The summed E-state index contributed by atoms with van der Waals surface area (Å²) in [6.07, 6.45) is 7.55. The average Bonchev–Trinajstić information content (AvgIpc) is 2.48. The van der Waals surface area contributed by atoms with Crippen LogP contribution in [0, 0.1) is 5.92 Å². The van der Waals surface area contributed by atoms with Gasteiger partial charge in [-0.1, -0.05) is 19.3 Å². The number of amides is 3. The zero-order chi connectivity index (χ0) is 14.4. The van der Waals surface area contributed by atoms with Gasteiger partial charge in [0.1, 0.15) is 0 Å². The van der Waals surface area contributed by atoms with Crippen molar-refractivity contribution in [2.45, 2.75) is 57.9 Å². The molecule has 3 amide bonds. The minimum absolute atomic E-state index is 0.0930. The predicted octanol–water partition coefficient (Wildman–Crippen LogP) is 1.88. The lowest BCUT2D eigenvalue weighted by Crippen LogP contribution is -2.50. The summed E-state index contributed by atoms with van der Waals surface area (Å²) in [6, 6.07) is 0.113. The van der Waals surface area contributed by atoms with E-state index in [0.29, 0.717) is 12.5 Å². The molecule has 1 aliphatic carbocycles. The van der Waals surface area contributed by atoms with E-state index in [9.17, 15) is 9.59 Å². The van der Waals surface area contributed by atoms with Gasteiger partial charge in [0, 0.05) is 31.6 Å². The highest BCUT2D eigenvalue weighted by atomic mass is 16.2. The Morgan fingerprint density at radius 2 is 1.70 bits per heavy atom. The first kappa shape index (κ1) is 15.1. The third-order valence-electron chi connectivity index (χ3n) is 4.43. The topological polar surface area (TPSA) is 61.4 Å². The number of carbonyl (C=O) groups is 2. The number of urea groups is 1. The van der Waals surface area contributed by atoms with Gasteiger partial charge in [0.25, 0.3) is 0 Å². The minimum Gasteiger partial charge on any atom is -0.342 e. The number of carbonyl (C=O) groups excluding carboxylic acids is 2. The lowest BCUT2D eigenvalue weighted by atomic mass is 9.87. The van der Waals surface area contributed by atoms with E-state index in [0.717, 1.165) is 38.8 Å². The molecule has 0 aromatic carbocycles. The second kappa shape index (κ2) is 7.50. The van der Waals surface area contributed by atoms with Crippen molar-refractivity contribution in [3.8, 4) is 0 Å². The summed E-state index contributed by atoms with van der Waals surface area (Å²) in [5.74, 6) is 0.609. The van der Waals surface area contributed by atoms with Gasteiger partial charge in [0.05, 0.1) is 0 Å². The molecule has 20 heavy (non-hydrogen) atoms. The highest BCUT2D eigenvalue weighted by Gasteiger charge is 2.29. The summed E-state index contributed by atoms with van der Waals surface area (Å²) in [6.45, 7) is 4.12. The molecule has 0 aromatic rings. The first-order valence-electron chi connectivity index (χ1n) is 8.04. The molecule has 0 radical (unpaired) electrons. The minimum atomic E-state index is -0.0930. The van der Waals surface area contributed by atoms with Crippen LogP contribution in [0.15, 0.2) is 0 Å². The van der Waals surface area contributed by atoms with Crippen LogP contribution in [0.1, 0.15) is 51.9 Å². The van der Waals surface area contributed by atoms with E-state index in [1.54, 1.807) is 0 Å². The highest BCUT2D eigenvalue weighted by molar-refractivity contribution is 5.79. The van der Waals surface area contributed by atoms with Crippen molar-refractivity contribution in [3.63, 3.8) is 0 Å². The molecule has 114 valence electrons. The lowest BCUT2D eigenvalue weighted by molar-refractivity contribution is -0.137. The van der Waals surface area contributed by atoms with E-state index >= 15 is 0 Å². The maximum Gasteiger partial charge on any atom is 0.314 e. The van der Waals surface area contributed by atoms with E-state index in [1.165, 1.54) is 19.3 Å². The Kier molecular flexibility index (Phi) is 5.68. The molecule has 1 aliphatic heterocycles. The van der Waals surface area contributed by atoms with Crippen molar-refractivity contribution in [1.29, 1.82) is 0 Å². The van der Waals surface area contributed by atoms with Gasteiger partial charge in [-0.05, 0) is 32.6 Å². The fourth-order valence-electron chi connectivity index (χ4n) is 3.25. The smallest absolute Gasteiger partial charge is 0.314 e. The third-order valence-corrected chi connectivity index (χ3v) is 4.43. The molecule has 2 rings (SSSR count). The molecule has 0 spiro atoms. The van der Waals surface area contributed by atoms with Crippen LogP contribution in [0.4, 0.5) is 4.79 Å². The molecule has 0 atom stereocenters. The van der Waals surface area contributed by atoms with Gasteiger partial charge in [-0.2, -0.15) is 0 Å². The van der Waals surface area contributed by atoms with Crippen LogP contribution in [-0.4, -0.2) is 42.5 Å². The van der Waals surface area contributed by atoms with Crippen LogP contribution in [0.25, 0.3) is 0 Å². The number of likely N-dealkylation sites (tertiary alicyclic amines) is 1. The zero-order valence-electron chi connectivity index (χ0n) is 12.5. The molecule has 0 unspecified atom stereocenters. The van der Waals surface area contributed by atoms with Crippen LogP contribution in [0.3, 0.4) is 0 Å². The molecule has 1 saturated heterocycles. The molecule has 5 heteroatoms. The molecule has 5 nitrogen and oxygen atoms in total. The zero-order valence-corrected chi connectivity index (χ0v) is 12.5. The van der Waals surface area contributed by atoms with Crippen LogP contribution >= 0.6 is 0 Å². The molecular formula is C15H27N3O2. The highest BCUT2D eigenvalue weighted by Crippen LogP contribution is 2.26. The van der Waals surface area contributed by atoms with Crippen molar-refractivity contribution < 1.29 is 9.59 Å². The number of nitrogens with one attached hydrogen (secondary N) is 2. The Bertz CT molecular complexity index is 332.